The summed E-state index contributed by atoms with van der Waals surface area (Å²) in [5.41, 5.74) is 7.00. The molecule has 4 nitrogen and oxygen atoms in total. The molecule has 2 aromatic rings. The highest BCUT2D eigenvalue weighted by molar-refractivity contribution is 6.01. The highest BCUT2D eigenvalue weighted by Crippen LogP contribution is 2.28. The molecule has 0 saturated heterocycles. The van der Waals surface area contributed by atoms with Gasteiger partial charge in [0.25, 0.3) is 0 Å². The van der Waals surface area contributed by atoms with Crippen molar-refractivity contribution in [3.63, 3.8) is 0 Å². The van der Waals surface area contributed by atoms with Crippen LogP contribution in [0.5, 0.6) is 0 Å². The van der Waals surface area contributed by atoms with Crippen molar-refractivity contribution in [1.82, 2.24) is 0 Å². The number of fused-ring (bicyclic) bond motifs is 1. The Hall–Kier alpha value is -1.81. The Labute approximate surface area is 100.0 Å². The molecule has 17 heavy (non-hydrogen) atoms. The highest BCUT2D eigenvalue weighted by Gasteiger charge is 2.15. The van der Waals surface area contributed by atoms with Crippen LogP contribution in [-0.4, -0.2) is 19.5 Å². The smallest absolute Gasteiger partial charge is 0.226 e. The van der Waals surface area contributed by atoms with Crippen LogP contribution >= 0.6 is 0 Å². The van der Waals surface area contributed by atoms with Crippen molar-refractivity contribution in [2.75, 3.05) is 18.5 Å². The molecule has 0 atom stereocenters. The lowest BCUT2D eigenvalue weighted by Crippen LogP contribution is -2.26. The van der Waals surface area contributed by atoms with Gasteiger partial charge in [0, 0.05) is 18.9 Å². The molecule has 0 aliphatic rings. The minimum Gasteiger partial charge on any atom is -0.462 e. The predicted molar refractivity (Wildman–Crippen MR) is 67.9 cm³/mol. The zero-order valence-corrected chi connectivity index (χ0v) is 9.85. The topological polar surface area (TPSA) is 59.5 Å². The Morgan fingerprint density at radius 3 is 2.94 bits per heavy atom. The first-order valence-corrected chi connectivity index (χ1v) is 5.67. The van der Waals surface area contributed by atoms with Crippen LogP contribution in [0.3, 0.4) is 0 Å². The van der Waals surface area contributed by atoms with Gasteiger partial charge in [-0.25, -0.2) is 0 Å². The number of furan rings is 1. The number of hydrogen-bond donors (Lipinski definition) is 1. The monoisotopic (exact) mass is 232 g/mol. The summed E-state index contributed by atoms with van der Waals surface area (Å²) in [5, 5.41) is 0.955. The number of rotatable bonds is 4. The molecule has 2 rings (SSSR count). The van der Waals surface area contributed by atoms with Crippen molar-refractivity contribution in [2.24, 2.45) is 5.73 Å². The van der Waals surface area contributed by atoms with E-state index in [1.807, 2.05) is 24.3 Å². The van der Waals surface area contributed by atoms with Crippen molar-refractivity contribution in [3.8, 4) is 0 Å². The fourth-order valence-corrected chi connectivity index (χ4v) is 1.78. The van der Waals surface area contributed by atoms with Crippen LogP contribution in [0.2, 0.25) is 0 Å². The molecule has 0 radical (unpaired) electrons. The molecule has 1 aromatic carbocycles. The quantitative estimate of drug-likeness (QED) is 0.878. The molecule has 0 unspecified atom stereocenters. The van der Waals surface area contributed by atoms with E-state index in [2.05, 4.69) is 0 Å². The summed E-state index contributed by atoms with van der Waals surface area (Å²) in [6, 6.07) is 7.67. The number of nitrogens with two attached hydrogens (primary N) is 1. The minimum atomic E-state index is 0.0574. The first-order valence-electron chi connectivity index (χ1n) is 5.67. The zero-order chi connectivity index (χ0) is 12.3. The van der Waals surface area contributed by atoms with Gasteiger partial charge in [0.2, 0.25) is 5.91 Å². The molecule has 0 fully saturated rings. The van der Waals surface area contributed by atoms with Gasteiger partial charge in [0.05, 0.1) is 5.69 Å². The fraction of sp³-hybridized carbons (Fsp3) is 0.308. The molecule has 1 amide bonds. The number of nitrogens with zero attached hydrogens (tertiary/aromatic N) is 1. The molecule has 0 spiro atoms. The van der Waals surface area contributed by atoms with E-state index in [0.717, 1.165) is 16.7 Å². The fourth-order valence-electron chi connectivity index (χ4n) is 1.78. The summed E-state index contributed by atoms with van der Waals surface area (Å²) >= 11 is 0. The highest BCUT2D eigenvalue weighted by atomic mass is 16.3. The van der Waals surface area contributed by atoms with Gasteiger partial charge in [0.1, 0.15) is 11.8 Å². The van der Waals surface area contributed by atoms with E-state index in [0.29, 0.717) is 19.4 Å². The van der Waals surface area contributed by atoms with Gasteiger partial charge < -0.3 is 15.1 Å². The number of para-hydroxylation sites is 1. The number of carbonyl (C=O) groups excluding carboxylic acids is 1. The molecule has 0 aliphatic heterocycles. The molecule has 90 valence electrons. The molecule has 0 saturated carbocycles. The van der Waals surface area contributed by atoms with Gasteiger partial charge in [0.15, 0.2) is 0 Å². The number of carbonyl (C=O) groups is 1. The summed E-state index contributed by atoms with van der Waals surface area (Å²) in [4.78, 5) is 13.5. The SMILES string of the molecule is CN(C(=O)CCCN)c1coc2ccccc12. The Kier molecular flexibility index (Phi) is 3.44. The van der Waals surface area contributed by atoms with E-state index in [4.69, 9.17) is 10.2 Å². The maximum Gasteiger partial charge on any atom is 0.226 e. The van der Waals surface area contributed by atoms with Crippen molar-refractivity contribution < 1.29 is 9.21 Å². The Morgan fingerprint density at radius 1 is 1.41 bits per heavy atom. The largest absolute Gasteiger partial charge is 0.462 e. The second kappa shape index (κ2) is 5.01. The number of anilines is 1. The Morgan fingerprint density at radius 2 is 2.18 bits per heavy atom. The number of amides is 1. The van der Waals surface area contributed by atoms with Gasteiger partial charge in [-0.1, -0.05) is 12.1 Å². The lowest BCUT2D eigenvalue weighted by Gasteiger charge is -2.15. The molecule has 1 heterocycles. The van der Waals surface area contributed by atoms with Crippen LogP contribution in [0.15, 0.2) is 34.9 Å². The molecule has 2 N–H and O–H groups in total. The van der Waals surface area contributed by atoms with E-state index in [1.54, 1.807) is 18.2 Å². The Bertz CT molecular complexity index is 519. The third-order valence-corrected chi connectivity index (χ3v) is 2.79. The summed E-state index contributed by atoms with van der Waals surface area (Å²) < 4.78 is 5.41. The summed E-state index contributed by atoms with van der Waals surface area (Å²) in [6.07, 6.45) is 2.79. The first-order chi connectivity index (χ1) is 8.24. The van der Waals surface area contributed by atoms with Crippen molar-refractivity contribution in [3.05, 3.63) is 30.5 Å². The second-order valence-electron chi connectivity index (χ2n) is 3.96. The molecular formula is C13H16N2O2. The van der Waals surface area contributed by atoms with E-state index >= 15 is 0 Å². The second-order valence-corrected chi connectivity index (χ2v) is 3.96. The average Bonchev–Trinajstić information content (AvgIpc) is 2.78. The normalized spacial score (nSPS) is 10.7. The third kappa shape index (κ3) is 2.31. The van der Waals surface area contributed by atoms with E-state index in [9.17, 15) is 4.79 Å². The van der Waals surface area contributed by atoms with Crippen LogP contribution < -0.4 is 10.6 Å². The van der Waals surface area contributed by atoms with Crippen molar-refractivity contribution >= 4 is 22.6 Å². The van der Waals surface area contributed by atoms with E-state index in [-0.39, 0.29) is 5.91 Å². The summed E-state index contributed by atoms with van der Waals surface area (Å²) in [5.74, 6) is 0.0574. The molecule has 0 aliphatic carbocycles. The van der Waals surface area contributed by atoms with Crippen LogP contribution in [0.25, 0.3) is 11.0 Å². The van der Waals surface area contributed by atoms with Gasteiger partial charge in [-0.3, -0.25) is 4.79 Å². The number of hydrogen-bond acceptors (Lipinski definition) is 3. The molecule has 1 aromatic heterocycles. The Balaban J connectivity index is 2.24. The predicted octanol–water partition coefficient (Wildman–Crippen LogP) is 2.13. The average molecular weight is 232 g/mol. The lowest BCUT2D eigenvalue weighted by atomic mass is 10.2. The maximum atomic E-state index is 11.9. The maximum absolute atomic E-state index is 11.9. The third-order valence-electron chi connectivity index (χ3n) is 2.79. The molecule has 0 bridgehead atoms. The molecule has 4 heteroatoms. The minimum absolute atomic E-state index is 0.0574. The van der Waals surface area contributed by atoms with Crippen LogP contribution in [0.1, 0.15) is 12.8 Å². The van der Waals surface area contributed by atoms with Gasteiger partial charge in [-0.15, -0.1) is 0 Å². The van der Waals surface area contributed by atoms with E-state index in [1.165, 1.54) is 0 Å². The summed E-state index contributed by atoms with van der Waals surface area (Å²) in [6.45, 7) is 0.533. The standard InChI is InChI=1S/C13H16N2O2/c1-15(13(16)7-4-8-14)11-9-17-12-6-3-2-5-10(11)12/h2-3,5-6,9H,4,7-8,14H2,1H3. The lowest BCUT2D eigenvalue weighted by molar-refractivity contribution is -0.118. The number of benzene rings is 1. The van der Waals surface area contributed by atoms with Crippen LogP contribution in [-0.2, 0) is 4.79 Å². The van der Waals surface area contributed by atoms with Gasteiger partial charge in [-0.2, -0.15) is 0 Å². The van der Waals surface area contributed by atoms with Gasteiger partial charge in [-0.05, 0) is 25.1 Å². The molecular weight excluding hydrogens is 216 g/mol. The first kappa shape index (κ1) is 11.7. The van der Waals surface area contributed by atoms with Gasteiger partial charge >= 0.3 is 0 Å². The van der Waals surface area contributed by atoms with Crippen molar-refractivity contribution in [2.45, 2.75) is 12.8 Å². The zero-order valence-electron chi connectivity index (χ0n) is 9.85. The van der Waals surface area contributed by atoms with Crippen molar-refractivity contribution in [1.29, 1.82) is 0 Å². The van der Waals surface area contributed by atoms with E-state index < -0.39 is 0 Å². The summed E-state index contributed by atoms with van der Waals surface area (Å²) in [7, 11) is 1.76. The van der Waals surface area contributed by atoms with Crippen LogP contribution in [0, 0.1) is 0 Å². The van der Waals surface area contributed by atoms with Crippen LogP contribution in [0.4, 0.5) is 5.69 Å².